The molecule has 84 valence electrons. The highest BCUT2D eigenvalue weighted by Crippen LogP contribution is 2.08. The van der Waals surface area contributed by atoms with Crippen LogP contribution in [0.25, 0.3) is 16.0 Å². The number of hydrogen-bond donors (Lipinski definition) is 2. The summed E-state index contributed by atoms with van der Waals surface area (Å²) in [5.74, 6) is -1.16. The first kappa shape index (κ1) is 13.5. The van der Waals surface area contributed by atoms with E-state index in [9.17, 15) is 9.59 Å². The van der Waals surface area contributed by atoms with Crippen LogP contribution in [0.4, 0.5) is 5.69 Å². The van der Waals surface area contributed by atoms with Crippen molar-refractivity contribution in [3.8, 4) is 0 Å². The molecule has 1 aromatic carbocycles. The monoisotopic (exact) mass is 221 g/mol. The van der Waals surface area contributed by atoms with E-state index in [2.05, 4.69) is 5.32 Å². The zero-order valence-electron chi connectivity index (χ0n) is 8.41. The van der Waals surface area contributed by atoms with Crippen LogP contribution in [-0.2, 0) is 4.79 Å². The molecule has 0 aliphatic rings. The molecule has 7 nitrogen and oxygen atoms in total. The third-order valence-corrected chi connectivity index (χ3v) is 1.45. The Kier molecular flexibility index (Phi) is 5.77. The number of anilines is 1. The lowest BCUT2D eigenvalue weighted by atomic mass is 10.2. The summed E-state index contributed by atoms with van der Waals surface area (Å²) in [6.45, 7) is 1.39. The Morgan fingerprint density at radius 1 is 1.25 bits per heavy atom. The average Bonchev–Trinajstić information content (AvgIpc) is 2.18. The van der Waals surface area contributed by atoms with Crippen molar-refractivity contribution in [1.29, 1.82) is 0 Å². The van der Waals surface area contributed by atoms with Crippen molar-refractivity contribution >= 4 is 17.6 Å². The Morgan fingerprint density at radius 2 is 1.69 bits per heavy atom. The van der Waals surface area contributed by atoms with E-state index < -0.39 is 5.97 Å². The Bertz CT molecular complexity index is 407. The van der Waals surface area contributed by atoms with Gasteiger partial charge in [0.25, 0.3) is 0 Å². The normalized spacial score (nSPS) is 8.06. The minimum atomic E-state index is -0.977. The molecular formula is C9H9N4O3-. The summed E-state index contributed by atoms with van der Waals surface area (Å²) in [6, 6.07) is 5.97. The number of carboxylic acids is 1. The van der Waals surface area contributed by atoms with Crippen LogP contribution in [-0.4, -0.2) is 17.0 Å². The summed E-state index contributed by atoms with van der Waals surface area (Å²) in [5.41, 5.74) is 14.3. The number of carbonyl (C=O) groups is 2. The van der Waals surface area contributed by atoms with E-state index in [1.807, 2.05) is 0 Å². The molecule has 0 radical (unpaired) electrons. The van der Waals surface area contributed by atoms with Crippen LogP contribution in [0.5, 0.6) is 0 Å². The highest BCUT2D eigenvalue weighted by Gasteiger charge is 2.01. The molecule has 2 N–H and O–H groups in total. The van der Waals surface area contributed by atoms with Gasteiger partial charge in [0.15, 0.2) is 0 Å². The van der Waals surface area contributed by atoms with Gasteiger partial charge in [-0.3, -0.25) is 9.71 Å². The summed E-state index contributed by atoms with van der Waals surface area (Å²) in [4.78, 5) is 22.6. The number of hydrogen-bond acceptors (Lipinski definition) is 2. The zero-order valence-corrected chi connectivity index (χ0v) is 8.41. The molecule has 1 amide bonds. The number of carbonyl (C=O) groups excluding carboxylic acids is 1. The molecule has 0 aliphatic heterocycles. The van der Waals surface area contributed by atoms with Gasteiger partial charge in [0.2, 0.25) is 5.91 Å². The molecule has 0 atom stereocenters. The van der Waals surface area contributed by atoms with Gasteiger partial charge in [-0.2, -0.15) is 0 Å². The quantitative estimate of drug-likeness (QED) is 0.451. The van der Waals surface area contributed by atoms with Crippen LogP contribution in [0, 0.1) is 0 Å². The standard InChI is InChI=1S/C9H9NO3.N3/c1-6(11)10-8-4-2-7(3-5-8)9(12)13;1-3-2/h2-5H,1H3,(H,10,11)(H,12,13);/q;-1. The van der Waals surface area contributed by atoms with Crippen molar-refractivity contribution in [3.05, 3.63) is 45.8 Å². The molecular weight excluding hydrogens is 212 g/mol. The highest BCUT2D eigenvalue weighted by molar-refractivity contribution is 5.91. The number of benzene rings is 1. The van der Waals surface area contributed by atoms with Gasteiger partial charge in [0, 0.05) is 12.6 Å². The summed E-state index contributed by atoms with van der Waals surface area (Å²) in [5, 5.41) is 11.1. The first-order valence-electron chi connectivity index (χ1n) is 4.10. The minimum Gasteiger partial charge on any atom is -0.478 e. The van der Waals surface area contributed by atoms with E-state index >= 15 is 0 Å². The Morgan fingerprint density at radius 3 is 2.00 bits per heavy atom. The van der Waals surface area contributed by atoms with Gasteiger partial charge in [-0.05, 0) is 24.3 Å². The lowest BCUT2D eigenvalue weighted by Crippen LogP contribution is -2.05. The van der Waals surface area contributed by atoms with Crippen molar-refractivity contribution in [2.75, 3.05) is 5.32 Å². The molecule has 0 bridgehead atoms. The van der Waals surface area contributed by atoms with E-state index in [1.165, 1.54) is 24.0 Å². The number of aromatic carboxylic acids is 1. The summed E-state index contributed by atoms with van der Waals surface area (Å²) < 4.78 is 0. The van der Waals surface area contributed by atoms with E-state index in [4.69, 9.17) is 16.2 Å². The fourth-order valence-electron chi connectivity index (χ4n) is 0.899. The number of nitrogens with zero attached hydrogens (tertiary/aromatic N) is 3. The highest BCUT2D eigenvalue weighted by atomic mass is 16.4. The number of nitrogens with one attached hydrogen (secondary N) is 1. The fourth-order valence-corrected chi connectivity index (χ4v) is 0.899. The second-order valence-corrected chi connectivity index (χ2v) is 2.65. The Balaban J connectivity index is 0.000000673. The van der Waals surface area contributed by atoms with Crippen LogP contribution in [0.1, 0.15) is 17.3 Å². The second kappa shape index (κ2) is 6.86. The van der Waals surface area contributed by atoms with Gasteiger partial charge >= 0.3 is 5.97 Å². The summed E-state index contributed by atoms with van der Waals surface area (Å²) in [6.07, 6.45) is 0. The van der Waals surface area contributed by atoms with E-state index in [1.54, 1.807) is 12.1 Å². The van der Waals surface area contributed by atoms with Gasteiger partial charge in [-0.1, -0.05) is 0 Å². The van der Waals surface area contributed by atoms with Gasteiger partial charge in [-0.25, -0.2) is 4.79 Å². The van der Waals surface area contributed by atoms with Crippen molar-refractivity contribution < 1.29 is 14.7 Å². The van der Waals surface area contributed by atoms with Gasteiger partial charge in [0.05, 0.1) is 5.56 Å². The smallest absolute Gasteiger partial charge is 0.335 e. The van der Waals surface area contributed by atoms with Crippen LogP contribution in [0.2, 0.25) is 0 Å². The predicted octanol–water partition coefficient (Wildman–Crippen LogP) is 2.21. The molecule has 0 aliphatic carbocycles. The lowest BCUT2D eigenvalue weighted by molar-refractivity contribution is -0.114. The largest absolute Gasteiger partial charge is 0.478 e. The molecule has 0 heterocycles. The topological polar surface area (TPSA) is 125 Å². The Labute approximate surface area is 91.1 Å². The zero-order chi connectivity index (χ0) is 12.6. The van der Waals surface area contributed by atoms with Gasteiger partial charge in [-0.15, -0.1) is 0 Å². The lowest BCUT2D eigenvalue weighted by Gasteiger charge is -2.01. The molecule has 0 fully saturated rings. The van der Waals surface area contributed by atoms with Crippen molar-refractivity contribution in [2.45, 2.75) is 6.92 Å². The van der Waals surface area contributed by atoms with Gasteiger partial charge < -0.3 is 21.5 Å². The molecule has 0 unspecified atom stereocenters. The maximum Gasteiger partial charge on any atom is 0.335 e. The molecule has 7 heteroatoms. The van der Waals surface area contributed by atoms with Crippen molar-refractivity contribution in [1.82, 2.24) is 0 Å². The summed E-state index contributed by atoms with van der Waals surface area (Å²) >= 11 is 0. The van der Waals surface area contributed by atoms with Gasteiger partial charge in [0.1, 0.15) is 0 Å². The molecule has 0 spiro atoms. The molecule has 1 aromatic rings. The maximum absolute atomic E-state index is 10.6. The first-order valence-corrected chi connectivity index (χ1v) is 4.10. The third kappa shape index (κ3) is 5.25. The van der Waals surface area contributed by atoms with E-state index in [0.717, 1.165) is 0 Å². The van der Waals surface area contributed by atoms with Crippen molar-refractivity contribution in [2.24, 2.45) is 0 Å². The maximum atomic E-state index is 10.6. The molecule has 0 saturated heterocycles. The SMILES string of the molecule is CC(=O)Nc1ccc(C(=O)O)cc1.[N-]=[N+]=[N-]. The summed E-state index contributed by atoms with van der Waals surface area (Å²) in [7, 11) is 0. The van der Waals surface area contributed by atoms with Crippen LogP contribution >= 0.6 is 0 Å². The van der Waals surface area contributed by atoms with Crippen molar-refractivity contribution in [3.63, 3.8) is 0 Å². The van der Waals surface area contributed by atoms with Crippen LogP contribution < -0.4 is 5.32 Å². The van der Waals surface area contributed by atoms with Crippen LogP contribution in [0.3, 0.4) is 0 Å². The molecule has 1 rings (SSSR count). The predicted molar refractivity (Wildman–Crippen MR) is 57.8 cm³/mol. The molecule has 16 heavy (non-hydrogen) atoms. The molecule has 0 saturated carbocycles. The number of amides is 1. The van der Waals surface area contributed by atoms with Crippen LogP contribution in [0.15, 0.2) is 24.3 Å². The molecule has 0 aromatic heterocycles. The number of rotatable bonds is 2. The third-order valence-electron chi connectivity index (χ3n) is 1.45. The minimum absolute atomic E-state index is 0.178. The Hall–Kier alpha value is -2.53. The second-order valence-electron chi connectivity index (χ2n) is 2.65. The van der Waals surface area contributed by atoms with E-state index in [0.29, 0.717) is 5.69 Å². The average molecular weight is 221 g/mol. The fraction of sp³-hybridized carbons (Fsp3) is 0.111. The van der Waals surface area contributed by atoms with E-state index in [-0.39, 0.29) is 11.5 Å². The number of carboxylic acid groups (broad SMARTS) is 1. The first-order chi connectivity index (χ1) is 7.51.